The Morgan fingerprint density at radius 2 is 2.40 bits per heavy atom. The van der Waals surface area contributed by atoms with E-state index in [2.05, 4.69) is 15.3 Å². The maximum absolute atomic E-state index is 11.6. The summed E-state index contributed by atoms with van der Waals surface area (Å²) in [5.74, 6) is 0.699. The van der Waals surface area contributed by atoms with E-state index in [1.54, 1.807) is 11.8 Å². The van der Waals surface area contributed by atoms with Gasteiger partial charge in [-0.25, -0.2) is 4.98 Å². The van der Waals surface area contributed by atoms with Gasteiger partial charge >= 0.3 is 0 Å². The number of rotatable bonds is 7. The number of nitrogens with one attached hydrogen (secondary N) is 2. The average Bonchev–Trinajstić information content (AvgIpc) is 2.87. The van der Waals surface area contributed by atoms with Gasteiger partial charge in [0.05, 0.1) is 24.7 Å². The first-order valence-corrected chi connectivity index (χ1v) is 7.84. The molecule has 4 N–H and O–H groups in total. The molecule has 0 bridgehead atoms. The van der Waals surface area contributed by atoms with Crippen molar-refractivity contribution in [2.75, 3.05) is 25.2 Å². The van der Waals surface area contributed by atoms with Crippen molar-refractivity contribution in [2.45, 2.75) is 18.6 Å². The lowest BCUT2D eigenvalue weighted by Gasteiger charge is -2.22. The van der Waals surface area contributed by atoms with Crippen LogP contribution in [0, 0.1) is 0 Å². The molecule has 110 valence electrons. The molecule has 2 atom stereocenters. The SMILES string of the molecule is CSC[C@@H](NCC1=CCc2c1nc[nH]c2=O)[C@H](O)CO. The van der Waals surface area contributed by atoms with Gasteiger partial charge in [-0.1, -0.05) is 6.08 Å². The largest absolute Gasteiger partial charge is 0.394 e. The van der Waals surface area contributed by atoms with Gasteiger partial charge in [0.15, 0.2) is 0 Å². The summed E-state index contributed by atoms with van der Waals surface area (Å²) >= 11 is 1.60. The molecule has 0 spiro atoms. The molecule has 0 aliphatic heterocycles. The zero-order chi connectivity index (χ0) is 14.5. The molecule has 1 heterocycles. The zero-order valence-electron chi connectivity index (χ0n) is 11.3. The summed E-state index contributed by atoms with van der Waals surface area (Å²) in [6.07, 6.45) is 5.12. The van der Waals surface area contributed by atoms with Gasteiger partial charge in [-0.05, 0) is 18.2 Å². The van der Waals surface area contributed by atoms with Gasteiger partial charge in [0.2, 0.25) is 0 Å². The fraction of sp³-hybridized carbons (Fsp3) is 0.538. The van der Waals surface area contributed by atoms with Gasteiger partial charge in [-0.15, -0.1) is 0 Å². The molecule has 0 fully saturated rings. The van der Waals surface area contributed by atoms with Crippen LogP contribution in [0.25, 0.3) is 5.57 Å². The summed E-state index contributed by atoms with van der Waals surface area (Å²) in [6.45, 7) is 0.248. The Kier molecular flexibility index (Phi) is 5.36. The minimum absolute atomic E-state index is 0.0997. The normalized spacial score (nSPS) is 16.6. The second-order valence-corrected chi connectivity index (χ2v) is 5.60. The third-order valence-corrected chi connectivity index (χ3v) is 4.05. The summed E-state index contributed by atoms with van der Waals surface area (Å²) in [7, 11) is 0. The van der Waals surface area contributed by atoms with Crippen LogP contribution in [0.2, 0.25) is 0 Å². The lowest BCUT2D eigenvalue weighted by Crippen LogP contribution is -2.44. The molecule has 2 rings (SSSR count). The first kappa shape index (κ1) is 15.2. The van der Waals surface area contributed by atoms with E-state index in [1.165, 1.54) is 6.33 Å². The summed E-state index contributed by atoms with van der Waals surface area (Å²) in [4.78, 5) is 18.4. The van der Waals surface area contributed by atoms with Crippen LogP contribution in [0.4, 0.5) is 0 Å². The van der Waals surface area contributed by atoms with Crippen LogP contribution in [0.5, 0.6) is 0 Å². The molecule has 7 heteroatoms. The van der Waals surface area contributed by atoms with Gasteiger partial charge < -0.3 is 20.5 Å². The summed E-state index contributed by atoms with van der Waals surface area (Å²) < 4.78 is 0. The average molecular weight is 297 g/mol. The summed E-state index contributed by atoms with van der Waals surface area (Å²) in [5.41, 5.74) is 2.27. The van der Waals surface area contributed by atoms with Crippen LogP contribution < -0.4 is 10.9 Å². The molecular formula is C13H19N3O3S. The standard InChI is InChI=1S/C13H19N3O3S/c1-20-6-10(11(18)5-17)14-4-8-2-3-9-12(8)15-7-16-13(9)19/h2,7,10-11,14,17-18H,3-6H2,1H3,(H,15,16,19)/t10-,11-/m1/s1. The molecule has 0 aromatic carbocycles. The second-order valence-electron chi connectivity index (χ2n) is 4.68. The third kappa shape index (κ3) is 3.29. The molecular weight excluding hydrogens is 278 g/mol. The summed E-state index contributed by atoms with van der Waals surface area (Å²) in [6, 6.07) is -0.193. The maximum Gasteiger partial charge on any atom is 0.254 e. The number of fused-ring (bicyclic) bond motifs is 1. The van der Waals surface area contributed by atoms with Gasteiger partial charge in [-0.3, -0.25) is 4.79 Å². The first-order chi connectivity index (χ1) is 9.67. The highest BCUT2D eigenvalue weighted by atomic mass is 32.2. The second kappa shape index (κ2) is 7.03. The highest BCUT2D eigenvalue weighted by Gasteiger charge is 2.21. The molecule has 20 heavy (non-hydrogen) atoms. The minimum atomic E-state index is -0.795. The van der Waals surface area contributed by atoms with E-state index in [0.29, 0.717) is 24.3 Å². The lowest BCUT2D eigenvalue weighted by atomic mass is 10.1. The van der Waals surface area contributed by atoms with Crippen molar-refractivity contribution < 1.29 is 10.2 Å². The Hall–Kier alpha value is -1.15. The van der Waals surface area contributed by atoms with Crippen LogP contribution in [-0.4, -0.2) is 57.5 Å². The molecule has 0 amide bonds. The number of nitrogens with zero attached hydrogens (tertiary/aromatic N) is 1. The van der Waals surface area contributed by atoms with Crippen molar-refractivity contribution in [3.05, 3.63) is 34.0 Å². The Morgan fingerprint density at radius 1 is 1.60 bits per heavy atom. The number of hydrogen-bond donors (Lipinski definition) is 4. The van der Waals surface area contributed by atoms with Crippen LogP contribution in [-0.2, 0) is 6.42 Å². The fourth-order valence-electron chi connectivity index (χ4n) is 2.23. The lowest BCUT2D eigenvalue weighted by molar-refractivity contribution is 0.0707. The molecule has 1 aromatic heterocycles. The van der Waals surface area contributed by atoms with E-state index in [-0.39, 0.29) is 18.2 Å². The highest BCUT2D eigenvalue weighted by Crippen LogP contribution is 2.21. The van der Waals surface area contributed by atoms with E-state index < -0.39 is 6.10 Å². The number of aromatic nitrogens is 2. The number of allylic oxidation sites excluding steroid dienone is 1. The van der Waals surface area contributed by atoms with Crippen LogP contribution in [0.1, 0.15) is 11.3 Å². The number of aromatic amines is 1. The van der Waals surface area contributed by atoms with Crippen LogP contribution in [0.15, 0.2) is 17.2 Å². The van der Waals surface area contributed by atoms with Crippen molar-refractivity contribution in [1.29, 1.82) is 0 Å². The molecule has 1 aliphatic carbocycles. The molecule has 6 nitrogen and oxygen atoms in total. The zero-order valence-corrected chi connectivity index (χ0v) is 12.1. The molecule has 1 aromatic rings. The molecule has 0 radical (unpaired) electrons. The van der Waals surface area contributed by atoms with Crippen molar-refractivity contribution in [3.8, 4) is 0 Å². The number of thioether (sulfide) groups is 1. The van der Waals surface area contributed by atoms with Gasteiger partial charge in [0, 0.05) is 23.9 Å². The van der Waals surface area contributed by atoms with Gasteiger partial charge in [-0.2, -0.15) is 11.8 Å². The van der Waals surface area contributed by atoms with Gasteiger partial charge in [0.1, 0.15) is 0 Å². The predicted octanol–water partition coefficient (Wildman–Crippen LogP) is -0.616. The van der Waals surface area contributed by atoms with E-state index in [0.717, 1.165) is 11.3 Å². The Bertz CT molecular complexity index is 544. The minimum Gasteiger partial charge on any atom is -0.394 e. The molecule has 0 unspecified atom stereocenters. The quantitative estimate of drug-likeness (QED) is 0.536. The third-order valence-electron chi connectivity index (χ3n) is 3.36. The number of H-pyrrole nitrogens is 1. The van der Waals surface area contributed by atoms with Crippen molar-refractivity contribution >= 4 is 17.3 Å². The number of aliphatic hydroxyl groups is 2. The van der Waals surface area contributed by atoms with E-state index >= 15 is 0 Å². The van der Waals surface area contributed by atoms with E-state index in [4.69, 9.17) is 5.11 Å². The van der Waals surface area contributed by atoms with Crippen molar-refractivity contribution in [3.63, 3.8) is 0 Å². The van der Waals surface area contributed by atoms with Crippen LogP contribution >= 0.6 is 11.8 Å². The van der Waals surface area contributed by atoms with Crippen molar-refractivity contribution in [1.82, 2.24) is 15.3 Å². The number of aliphatic hydroxyl groups excluding tert-OH is 2. The monoisotopic (exact) mass is 297 g/mol. The molecule has 0 saturated carbocycles. The molecule has 1 aliphatic rings. The Morgan fingerprint density at radius 3 is 3.10 bits per heavy atom. The van der Waals surface area contributed by atoms with Crippen molar-refractivity contribution in [2.24, 2.45) is 0 Å². The van der Waals surface area contributed by atoms with E-state index in [1.807, 2.05) is 12.3 Å². The van der Waals surface area contributed by atoms with Gasteiger partial charge in [0.25, 0.3) is 5.56 Å². The summed E-state index contributed by atoms with van der Waals surface area (Å²) in [5, 5.41) is 22.0. The topological polar surface area (TPSA) is 98.2 Å². The van der Waals surface area contributed by atoms with Crippen LogP contribution in [0.3, 0.4) is 0 Å². The number of hydrogen-bond acceptors (Lipinski definition) is 6. The first-order valence-electron chi connectivity index (χ1n) is 6.44. The smallest absolute Gasteiger partial charge is 0.254 e. The maximum atomic E-state index is 11.6. The fourth-order valence-corrected chi connectivity index (χ4v) is 2.92. The molecule has 0 saturated heterocycles. The highest BCUT2D eigenvalue weighted by molar-refractivity contribution is 7.98. The van der Waals surface area contributed by atoms with E-state index in [9.17, 15) is 9.90 Å². The predicted molar refractivity (Wildman–Crippen MR) is 79.8 cm³/mol. The Labute approximate surface area is 121 Å². The Balaban J connectivity index is 2.02.